The lowest BCUT2D eigenvalue weighted by molar-refractivity contribution is -0.0300. The van der Waals surface area contributed by atoms with E-state index in [2.05, 4.69) is 5.32 Å². The molecule has 1 aliphatic rings. The van der Waals surface area contributed by atoms with Crippen molar-refractivity contribution in [1.29, 1.82) is 0 Å². The quantitative estimate of drug-likeness (QED) is 0.871. The molecule has 0 saturated heterocycles. The van der Waals surface area contributed by atoms with Gasteiger partial charge in [-0.15, -0.1) is 0 Å². The SMILES string of the molecule is CCOC1CC(N)C1NC(=O)c1ccc(Cl)cc1. The second-order valence-electron chi connectivity index (χ2n) is 4.40. The number of nitrogens with one attached hydrogen (secondary N) is 1. The number of ether oxygens (including phenoxy) is 1. The Bertz CT molecular complexity index is 420. The summed E-state index contributed by atoms with van der Waals surface area (Å²) in [6.45, 7) is 2.56. The summed E-state index contributed by atoms with van der Waals surface area (Å²) in [5.41, 5.74) is 6.46. The van der Waals surface area contributed by atoms with E-state index in [1.165, 1.54) is 0 Å². The summed E-state index contributed by atoms with van der Waals surface area (Å²) in [5, 5.41) is 3.52. The van der Waals surface area contributed by atoms with Gasteiger partial charge in [0.25, 0.3) is 5.91 Å². The number of benzene rings is 1. The van der Waals surface area contributed by atoms with Gasteiger partial charge in [-0.3, -0.25) is 4.79 Å². The van der Waals surface area contributed by atoms with Crippen LogP contribution in [0, 0.1) is 0 Å². The maximum absolute atomic E-state index is 12.0. The first-order chi connectivity index (χ1) is 8.61. The lowest BCUT2D eigenvalue weighted by Crippen LogP contribution is -2.64. The van der Waals surface area contributed by atoms with Crippen LogP contribution in [-0.2, 0) is 4.74 Å². The van der Waals surface area contributed by atoms with Crippen LogP contribution in [-0.4, -0.2) is 30.7 Å². The maximum atomic E-state index is 12.0. The zero-order valence-electron chi connectivity index (χ0n) is 10.2. The van der Waals surface area contributed by atoms with E-state index >= 15 is 0 Å². The average Bonchev–Trinajstić information content (AvgIpc) is 2.36. The molecule has 4 nitrogen and oxygen atoms in total. The predicted octanol–water partition coefficient (Wildman–Crippen LogP) is 1.57. The van der Waals surface area contributed by atoms with Crippen LogP contribution in [0.25, 0.3) is 0 Å². The standard InChI is InChI=1S/C13H17ClN2O2/c1-2-18-11-7-10(15)12(11)16-13(17)8-3-5-9(14)6-4-8/h3-6,10-12H,2,7,15H2,1H3,(H,16,17). The van der Waals surface area contributed by atoms with Crippen LogP contribution < -0.4 is 11.1 Å². The zero-order valence-corrected chi connectivity index (χ0v) is 11.0. The van der Waals surface area contributed by atoms with Crippen LogP contribution in [0.2, 0.25) is 5.02 Å². The Hall–Kier alpha value is -1.10. The van der Waals surface area contributed by atoms with Crippen molar-refractivity contribution in [1.82, 2.24) is 5.32 Å². The van der Waals surface area contributed by atoms with E-state index in [4.69, 9.17) is 22.1 Å². The first-order valence-corrected chi connectivity index (χ1v) is 6.43. The van der Waals surface area contributed by atoms with E-state index in [9.17, 15) is 4.79 Å². The van der Waals surface area contributed by atoms with Gasteiger partial charge in [-0.05, 0) is 37.6 Å². The third kappa shape index (κ3) is 2.83. The summed E-state index contributed by atoms with van der Waals surface area (Å²) in [6, 6.07) is 6.63. The fraction of sp³-hybridized carbons (Fsp3) is 0.462. The highest BCUT2D eigenvalue weighted by Crippen LogP contribution is 2.23. The third-order valence-corrected chi connectivity index (χ3v) is 3.40. The highest BCUT2D eigenvalue weighted by atomic mass is 35.5. The number of carbonyl (C=O) groups excluding carboxylic acids is 1. The summed E-state index contributed by atoms with van der Waals surface area (Å²) in [5.74, 6) is -0.142. The van der Waals surface area contributed by atoms with Crippen LogP contribution in [0.1, 0.15) is 23.7 Å². The summed E-state index contributed by atoms with van der Waals surface area (Å²) >= 11 is 5.78. The van der Waals surface area contributed by atoms with Crippen molar-refractivity contribution in [2.24, 2.45) is 5.73 Å². The van der Waals surface area contributed by atoms with Crippen LogP contribution in [0.15, 0.2) is 24.3 Å². The lowest BCUT2D eigenvalue weighted by atomic mass is 9.83. The summed E-state index contributed by atoms with van der Waals surface area (Å²) in [4.78, 5) is 12.0. The lowest BCUT2D eigenvalue weighted by Gasteiger charge is -2.42. The van der Waals surface area contributed by atoms with Crippen molar-refractivity contribution in [3.05, 3.63) is 34.9 Å². The minimum Gasteiger partial charge on any atom is -0.376 e. The fourth-order valence-corrected chi connectivity index (χ4v) is 2.19. The molecule has 0 aromatic heterocycles. The minimum absolute atomic E-state index is 0.0289. The second kappa shape index (κ2) is 5.69. The molecule has 0 bridgehead atoms. The van der Waals surface area contributed by atoms with Crippen molar-refractivity contribution in [2.45, 2.75) is 31.5 Å². The van der Waals surface area contributed by atoms with Crippen molar-refractivity contribution >= 4 is 17.5 Å². The molecular weight excluding hydrogens is 252 g/mol. The first-order valence-electron chi connectivity index (χ1n) is 6.05. The van der Waals surface area contributed by atoms with Crippen LogP contribution in [0.3, 0.4) is 0 Å². The van der Waals surface area contributed by atoms with Gasteiger partial charge in [-0.25, -0.2) is 0 Å². The van der Waals surface area contributed by atoms with E-state index < -0.39 is 0 Å². The molecule has 1 aliphatic carbocycles. The largest absolute Gasteiger partial charge is 0.376 e. The van der Waals surface area contributed by atoms with Gasteiger partial charge in [0.2, 0.25) is 0 Å². The van der Waals surface area contributed by atoms with Gasteiger partial charge in [0, 0.05) is 23.2 Å². The van der Waals surface area contributed by atoms with E-state index in [1.807, 2.05) is 6.92 Å². The second-order valence-corrected chi connectivity index (χ2v) is 4.84. The highest BCUT2D eigenvalue weighted by molar-refractivity contribution is 6.30. The first kappa shape index (κ1) is 13.3. The van der Waals surface area contributed by atoms with Crippen molar-refractivity contribution in [2.75, 3.05) is 6.61 Å². The topological polar surface area (TPSA) is 64.3 Å². The number of carbonyl (C=O) groups is 1. The normalized spacial score (nSPS) is 26.5. The Morgan fingerprint density at radius 3 is 2.72 bits per heavy atom. The summed E-state index contributed by atoms with van der Waals surface area (Å²) < 4.78 is 5.50. The number of hydrogen-bond donors (Lipinski definition) is 2. The smallest absolute Gasteiger partial charge is 0.251 e. The van der Waals surface area contributed by atoms with Gasteiger partial charge < -0.3 is 15.8 Å². The summed E-state index contributed by atoms with van der Waals surface area (Å²) in [7, 11) is 0. The molecule has 0 heterocycles. The zero-order chi connectivity index (χ0) is 13.1. The van der Waals surface area contributed by atoms with E-state index in [-0.39, 0.29) is 24.1 Å². The van der Waals surface area contributed by atoms with Gasteiger partial charge in [-0.2, -0.15) is 0 Å². The molecule has 3 atom stereocenters. The Balaban J connectivity index is 1.96. The molecule has 0 aliphatic heterocycles. The summed E-state index contributed by atoms with van der Waals surface area (Å²) in [6.07, 6.45) is 0.820. The highest BCUT2D eigenvalue weighted by Gasteiger charge is 2.40. The van der Waals surface area contributed by atoms with Crippen molar-refractivity contribution in [3.63, 3.8) is 0 Å². The number of amides is 1. The molecule has 1 aromatic rings. The molecule has 98 valence electrons. The molecule has 0 radical (unpaired) electrons. The average molecular weight is 269 g/mol. The molecule has 1 fully saturated rings. The monoisotopic (exact) mass is 268 g/mol. The van der Waals surface area contributed by atoms with Gasteiger partial charge in [0.1, 0.15) is 0 Å². The molecule has 5 heteroatoms. The van der Waals surface area contributed by atoms with Gasteiger partial charge in [0.15, 0.2) is 0 Å². The Labute approximate surface area is 111 Å². The molecule has 1 aromatic carbocycles. The Kier molecular flexibility index (Phi) is 4.22. The number of nitrogens with two attached hydrogens (primary N) is 1. The van der Waals surface area contributed by atoms with E-state index in [1.54, 1.807) is 24.3 Å². The molecule has 0 spiro atoms. The number of rotatable bonds is 4. The van der Waals surface area contributed by atoms with Gasteiger partial charge in [-0.1, -0.05) is 11.6 Å². The van der Waals surface area contributed by atoms with Crippen LogP contribution >= 0.6 is 11.6 Å². The van der Waals surface area contributed by atoms with E-state index in [0.29, 0.717) is 17.2 Å². The van der Waals surface area contributed by atoms with Crippen molar-refractivity contribution < 1.29 is 9.53 Å². The molecule has 2 rings (SSSR count). The number of halogens is 1. The molecular formula is C13H17ClN2O2. The predicted molar refractivity (Wildman–Crippen MR) is 70.7 cm³/mol. The van der Waals surface area contributed by atoms with Gasteiger partial charge in [0.05, 0.1) is 12.1 Å². The molecule has 3 unspecified atom stereocenters. The van der Waals surface area contributed by atoms with Crippen LogP contribution in [0.5, 0.6) is 0 Å². The Morgan fingerprint density at radius 1 is 1.50 bits per heavy atom. The molecule has 1 saturated carbocycles. The molecule has 1 amide bonds. The fourth-order valence-electron chi connectivity index (χ4n) is 2.06. The third-order valence-electron chi connectivity index (χ3n) is 3.15. The van der Waals surface area contributed by atoms with Gasteiger partial charge >= 0.3 is 0 Å². The Morgan fingerprint density at radius 2 is 2.17 bits per heavy atom. The van der Waals surface area contributed by atoms with E-state index in [0.717, 1.165) is 6.42 Å². The maximum Gasteiger partial charge on any atom is 0.251 e. The number of hydrogen-bond acceptors (Lipinski definition) is 3. The molecule has 18 heavy (non-hydrogen) atoms. The van der Waals surface area contributed by atoms with Crippen molar-refractivity contribution in [3.8, 4) is 0 Å². The molecule has 3 N–H and O–H groups in total. The minimum atomic E-state index is -0.142. The van der Waals surface area contributed by atoms with Crippen LogP contribution in [0.4, 0.5) is 0 Å².